The van der Waals surface area contributed by atoms with Crippen LogP contribution in [0.4, 0.5) is 5.69 Å². The highest BCUT2D eigenvalue weighted by Crippen LogP contribution is 2.11. The lowest BCUT2D eigenvalue weighted by Gasteiger charge is -2.06. The summed E-state index contributed by atoms with van der Waals surface area (Å²) in [6.45, 7) is 1.98. The van der Waals surface area contributed by atoms with E-state index in [0.717, 1.165) is 11.3 Å². The number of nitrogens with one attached hydrogen (secondary N) is 2. The van der Waals surface area contributed by atoms with E-state index in [4.69, 9.17) is 11.6 Å². The third kappa shape index (κ3) is 4.93. The van der Waals surface area contributed by atoms with Crippen LogP contribution in [0.3, 0.4) is 0 Å². The minimum absolute atomic E-state index is 0.163. The molecule has 108 valence electrons. The lowest BCUT2D eigenvalue weighted by Crippen LogP contribution is -2.26. The van der Waals surface area contributed by atoms with Crippen molar-refractivity contribution < 1.29 is 4.79 Å². The third-order valence-corrected chi connectivity index (χ3v) is 3.05. The molecule has 0 spiro atoms. The summed E-state index contributed by atoms with van der Waals surface area (Å²) in [7, 11) is 0. The van der Waals surface area contributed by atoms with Gasteiger partial charge in [-0.3, -0.25) is 4.79 Å². The van der Waals surface area contributed by atoms with E-state index in [1.807, 2.05) is 49.4 Å². The quantitative estimate of drug-likeness (QED) is 0.658. The molecule has 2 aromatic carbocycles. The molecular weight excluding hydrogens is 286 g/mol. The van der Waals surface area contributed by atoms with Gasteiger partial charge in [-0.2, -0.15) is 5.10 Å². The number of carbonyl (C=O) groups is 1. The van der Waals surface area contributed by atoms with Crippen molar-refractivity contribution in [1.29, 1.82) is 0 Å². The summed E-state index contributed by atoms with van der Waals surface area (Å²) in [4.78, 5) is 11.7. The number of hydrazone groups is 1. The molecule has 0 heterocycles. The summed E-state index contributed by atoms with van der Waals surface area (Å²) in [5, 5.41) is 7.72. The lowest BCUT2D eigenvalue weighted by atomic mass is 10.1. The Bertz CT molecular complexity index is 641. The monoisotopic (exact) mass is 301 g/mol. The molecule has 1 amide bonds. The fourth-order valence-electron chi connectivity index (χ4n) is 1.70. The Balaban J connectivity index is 1.87. The molecule has 0 aliphatic heterocycles. The third-order valence-electron chi connectivity index (χ3n) is 2.82. The number of anilines is 1. The van der Waals surface area contributed by atoms with E-state index in [9.17, 15) is 4.79 Å². The van der Waals surface area contributed by atoms with Gasteiger partial charge in [-0.1, -0.05) is 41.9 Å². The molecule has 0 fully saturated rings. The fourth-order valence-corrected chi connectivity index (χ4v) is 1.89. The van der Waals surface area contributed by atoms with Gasteiger partial charge in [0.2, 0.25) is 0 Å². The van der Waals surface area contributed by atoms with Gasteiger partial charge in [0.15, 0.2) is 0 Å². The Morgan fingerprint density at radius 2 is 1.90 bits per heavy atom. The van der Waals surface area contributed by atoms with Crippen LogP contribution in [-0.4, -0.2) is 18.2 Å². The summed E-state index contributed by atoms with van der Waals surface area (Å²) in [6, 6.07) is 16.8. The topological polar surface area (TPSA) is 53.5 Å². The van der Waals surface area contributed by atoms with Crippen LogP contribution in [-0.2, 0) is 4.79 Å². The Kier molecular flexibility index (Phi) is 5.35. The highest BCUT2D eigenvalue weighted by atomic mass is 35.5. The largest absolute Gasteiger partial charge is 0.376 e. The molecule has 0 bridgehead atoms. The zero-order chi connectivity index (χ0) is 15.1. The molecule has 2 rings (SSSR count). The molecule has 2 aromatic rings. The molecule has 0 unspecified atom stereocenters. The number of benzene rings is 2. The first kappa shape index (κ1) is 15.1. The second-order valence-corrected chi connectivity index (χ2v) is 4.90. The normalized spacial score (nSPS) is 11.0. The fraction of sp³-hybridized carbons (Fsp3) is 0.125. The summed E-state index contributed by atoms with van der Waals surface area (Å²) < 4.78 is 0. The van der Waals surface area contributed by atoms with Crippen LogP contribution < -0.4 is 10.7 Å². The predicted molar refractivity (Wildman–Crippen MR) is 86.7 cm³/mol. The van der Waals surface area contributed by atoms with Crippen LogP contribution >= 0.6 is 11.6 Å². The van der Waals surface area contributed by atoms with Crippen molar-refractivity contribution in [3.8, 4) is 0 Å². The smallest absolute Gasteiger partial charge is 0.259 e. The highest BCUT2D eigenvalue weighted by Gasteiger charge is 2.02. The maximum absolute atomic E-state index is 11.7. The molecule has 0 aliphatic carbocycles. The van der Waals surface area contributed by atoms with Gasteiger partial charge in [-0.05, 0) is 36.8 Å². The van der Waals surface area contributed by atoms with Gasteiger partial charge >= 0.3 is 0 Å². The minimum atomic E-state index is -0.208. The molecule has 0 saturated heterocycles. The molecule has 2 N–H and O–H groups in total. The first-order chi connectivity index (χ1) is 10.1. The number of nitrogens with zero attached hydrogens (tertiary/aromatic N) is 1. The van der Waals surface area contributed by atoms with E-state index in [-0.39, 0.29) is 12.5 Å². The first-order valence-corrected chi connectivity index (χ1v) is 6.91. The van der Waals surface area contributed by atoms with Crippen molar-refractivity contribution in [2.75, 3.05) is 11.9 Å². The standard InChI is InChI=1S/C16H16ClN3O/c1-12(13-6-5-7-14(17)10-13)19-20-16(21)11-18-15-8-3-2-4-9-15/h2-10,18H,11H2,1H3,(H,20,21)/b19-12+. The van der Waals surface area contributed by atoms with Crippen molar-refractivity contribution in [3.63, 3.8) is 0 Å². The summed E-state index contributed by atoms with van der Waals surface area (Å²) in [5.41, 5.74) is 4.98. The van der Waals surface area contributed by atoms with Gasteiger partial charge in [0.05, 0.1) is 12.3 Å². The minimum Gasteiger partial charge on any atom is -0.376 e. The predicted octanol–water partition coefficient (Wildman–Crippen LogP) is 3.29. The van der Waals surface area contributed by atoms with Crippen molar-refractivity contribution in [1.82, 2.24) is 5.43 Å². The van der Waals surface area contributed by atoms with Gasteiger partial charge in [0, 0.05) is 10.7 Å². The zero-order valence-corrected chi connectivity index (χ0v) is 12.4. The molecule has 21 heavy (non-hydrogen) atoms. The van der Waals surface area contributed by atoms with Crippen molar-refractivity contribution >= 4 is 28.9 Å². The van der Waals surface area contributed by atoms with Crippen LogP contribution in [0.1, 0.15) is 12.5 Å². The Morgan fingerprint density at radius 3 is 2.62 bits per heavy atom. The van der Waals surface area contributed by atoms with E-state index in [1.165, 1.54) is 0 Å². The molecule has 0 aliphatic rings. The zero-order valence-electron chi connectivity index (χ0n) is 11.6. The average Bonchev–Trinajstić information content (AvgIpc) is 2.51. The summed E-state index contributed by atoms with van der Waals surface area (Å²) in [5.74, 6) is -0.208. The van der Waals surface area contributed by atoms with E-state index >= 15 is 0 Å². The number of hydrogen-bond acceptors (Lipinski definition) is 3. The molecule has 0 atom stereocenters. The Morgan fingerprint density at radius 1 is 1.14 bits per heavy atom. The maximum Gasteiger partial charge on any atom is 0.259 e. The van der Waals surface area contributed by atoms with Gasteiger partial charge < -0.3 is 5.32 Å². The van der Waals surface area contributed by atoms with Crippen molar-refractivity contribution in [2.24, 2.45) is 5.10 Å². The van der Waals surface area contributed by atoms with Crippen LogP contribution in [0.5, 0.6) is 0 Å². The lowest BCUT2D eigenvalue weighted by molar-refractivity contribution is -0.119. The van der Waals surface area contributed by atoms with E-state index in [2.05, 4.69) is 15.8 Å². The number of para-hydroxylation sites is 1. The number of carbonyl (C=O) groups excluding carboxylic acids is 1. The first-order valence-electron chi connectivity index (χ1n) is 6.53. The molecule has 5 heteroatoms. The van der Waals surface area contributed by atoms with Crippen molar-refractivity contribution in [3.05, 3.63) is 65.2 Å². The molecule has 0 aromatic heterocycles. The number of halogens is 1. The van der Waals surface area contributed by atoms with Gasteiger partial charge in [0.25, 0.3) is 5.91 Å². The summed E-state index contributed by atoms with van der Waals surface area (Å²) in [6.07, 6.45) is 0. The number of rotatable bonds is 5. The number of amides is 1. The maximum atomic E-state index is 11.7. The van der Waals surface area contributed by atoms with Crippen LogP contribution in [0.15, 0.2) is 59.7 Å². The molecular formula is C16H16ClN3O. The highest BCUT2D eigenvalue weighted by molar-refractivity contribution is 6.31. The summed E-state index contributed by atoms with van der Waals surface area (Å²) >= 11 is 5.92. The molecule has 0 saturated carbocycles. The van der Waals surface area contributed by atoms with Gasteiger partial charge in [0.1, 0.15) is 0 Å². The average molecular weight is 302 g/mol. The van der Waals surface area contributed by atoms with Crippen LogP contribution in [0.2, 0.25) is 5.02 Å². The SMILES string of the molecule is C/C(=N\NC(=O)CNc1ccccc1)c1cccc(Cl)c1. The second kappa shape index (κ2) is 7.45. The molecule has 4 nitrogen and oxygen atoms in total. The number of hydrogen-bond donors (Lipinski definition) is 2. The van der Waals surface area contributed by atoms with Crippen LogP contribution in [0.25, 0.3) is 0 Å². The van der Waals surface area contributed by atoms with E-state index in [1.54, 1.807) is 12.1 Å². The second-order valence-electron chi connectivity index (χ2n) is 4.46. The van der Waals surface area contributed by atoms with Crippen molar-refractivity contribution in [2.45, 2.75) is 6.92 Å². The van der Waals surface area contributed by atoms with Gasteiger partial charge in [-0.15, -0.1) is 0 Å². The molecule has 0 radical (unpaired) electrons. The van der Waals surface area contributed by atoms with Crippen LogP contribution in [0, 0.1) is 0 Å². The Labute approximate surface area is 128 Å². The van der Waals surface area contributed by atoms with E-state index < -0.39 is 0 Å². The van der Waals surface area contributed by atoms with Gasteiger partial charge in [-0.25, -0.2) is 5.43 Å². The van der Waals surface area contributed by atoms with E-state index in [0.29, 0.717) is 10.7 Å². The Hall–Kier alpha value is -2.33.